The van der Waals surface area contributed by atoms with Crippen LogP contribution >= 0.6 is 0 Å². The van der Waals surface area contributed by atoms with Gasteiger partial charge in [0.1, 0.15) is 11.2 Å². The van der Waals surface area contributed by atoms with Gasteiger partial charge in [-0.15, -0.1) is 0 Å². The zero-order valence-corrected chi connectivity index (χ0v) is 29.9. The van der Waals surface area contributed by atoms with Crippen LogP contribution in [0.5, 0.6) is 0 Å². The maximum atomic E-state index is 11.9. The van der Waals surface area contributed by atoms with Gasteiger partial charge in [0.05, 0.1) is 44.5 Å². The average molecular weight is 666 g/mol. The number of nitrogens with one attached hydrogen (secondary N) is 2. The predicted molar refractivity (Wildman–Crippen MR) is 175 cm³/mol. The highest BCUT2D eigenvalue weighted by Gasteiger charge is 2.17. The largest absolute Gasteiger partial charge is 0.444 e. The molecular weight excluding hydrogens is 606 g/mol. The van der Waals surface area contributed by atoms with Crippen LogP contribution in [-0.2, 0) is 33.2 Å². The third-order valence-electron chi connectivity index (χ3n) is 5.18. The number of nitrogens with zero attached hydrogens (tertiary/aromatic N) is 1. The van der Waals surface area contributed by atoms with Gasteiger partial charge in [-0.3, -0.25) is 4.18 Å². The van der Waals surface area contributed by atoms with Gasteiger partial charge in [0, 0.05) is 13.1 Å². The van der Waals surface area contributed by atoms with E-state index < -0.39 is 33.5 Å². The van der Waals surface area contributed by atoms with Crippen LogP contribution in [0, 0.1) is 6.92 Å². The van der Waals surface area contributed by atoms with Crippen molar-refractivity contribution >= 4 is 22.3 Å². The fraction of sp³-hybridized carbons (Fsp3) is 0.742. The maximum Gasteiger partial charge on any atom is 0.407 e. The van der Waals surface area contributed by atoms with Gasteiger partial charge >= 0.3 is 12.2 Å². The Balaban J connectivity index is 0. The maximum absolute atomic E-state index is 11.9. The third kappa shape index (κ3) is 28.7. The molecule has 0 unspecified atom stereocenters. The molecule has 0 aliphatic rings. The van der Waals surface area contributed by atoms with Gasteiger partial charge in [0.25, 0.3) is 10.1 Å². The first-order valence-electron chi connectivity index (χ1n) is 15.3. The molecule has 0 atom stereocenters. The topological polar surface area (TPSA) is 162 Å². The average Bonchev–Trinajstić information content (AvgIpc) is 2.92. The normalized spacial score (nSPS) is 11.5. The van der Waals surface area contributed by atoms with E-state index in [9.17, 15) is 18.0 Å². The molecule has 0 aliphatic heterocycles. The van der Waals surface area contributed by atoms with E-state index in [1.807, 2.05) is 6.92 Å². The number of alkyl carbamates (subject to hydrolysis) is 2. The summed E-state index contributed by atoms with van der Waals surface area (Å²) in [5.74, 6) is 0. The number of aliphatic hydroxyl groups excluding tert-OH is 1. The third-order valence-corrected chi connectivity index (χ3v) is 6.51. The van der Waals surface area contributed by atoms with Crippen LogP contribution in [0.15, 0.2) is 29.2 Å². The van der Waals surface area contributed by atoms with Crippen LogP contribution < -0.4 is 10.6 Å². The predicted octanol–water partition coefficient (Wildman–Crippen LogP) is 4.11. The minimum atomic E-state index is -3.77. The van der Waals surface area contributed by atoms with E-state index in [4.69, 9.17) is 28.2 Å². The highest BCUT2D eigenvalue weighted by molar-refractivity contribution is 7.86. The van der Waals surface area contributed by atoms with Crippen molar-refractivity contribution in [2.45, 2.75) is 85.3 Å². The lowest BCUT2D eigenvalue weighted by Crippen LogP contribution is -2.34. The number of benzene rings is 1. The lowest BCUT2D eigenvalue weighted by Gasteiger charge is -2.19. The Kier molecular flexibility index (Phi) is 24.5. The summed E-state index contributed by atoms with van der Waals surface area (Å²) in [6.45, 7) is 24.3. The molecule has 1 rings (SSSR count). The summed E-state index contributed by atoms with van der Waals surface area (Å²) >= 11 is 0. The molecule has 0 saturated heterocycles. The van der Waals surface area contributed by atoms with Gasteiger partial charge in [0.15, 0.2) is 0 Å². The number of ether oxygens (including phenoxy) is 4. The van der Waals surface area contributed by atoms with Crippen LogP contribution in [0.2, 0.25) is 0 Å². The van der Waals surface area contributed by atoms with Crippen LogP contribution in [0.3, 0.4) is 0 Å². The number of aliphatic hydroxyl groups is 1. The second-order valence-electron chi connectivity index (χ2n) is 11.5. The number of rotatable bonds is 16. The number of aryl methyl sites for hydroxylation is 1. The smallest absolute Gasteiger partial charge is 0.407 e. The molecule has 0 bridgehead atoms. The van der Waals surface area contributed by atoms with Crippen LogP contribution in [0.1, 0.15) is 67.9 Å². The molecule has 264 valence electrons. The van der Waals surface area contributed by atoms with E-state index in [-0.39, 0.29) is 44.5 Å². The molecule has 1 aromatic carbocycles. The van der Waals surface area contributed by atoms with Gasteiger partial charge in [-0.1, -0.05) is 38.5 Å². The first-order chi connectivity index (χ1) is 20.9. The summed E-state index contributed by atoms with van der Waals surface area (Å²) in [7, 11) is -3.77. The number of hydrogen-bond acceptors (Lipinski definition) is 11. The molecule has 14 heteroatoms. The Labute approximate surface area is 271 Å². The van der Waals surface area contributed by atoms with Gasteiger partial charge < -0.3 is 39.6 Å². The zero-order valence-electron chi connectivity index (χ0n) is 29.1. The summed E-state index contributed by atoms with van der Waals surface area (Å²) < 4.78 is 48.9. The molecule has 0 radical (unpaired) electrons. The fourth-order valence-corrected chi connectivity index (χ4v) is 3.89. The molecular formula is C31H59N3O10S. The van der Waals surface area contributed by atoms with Crippen molar-refractivity contribution in [3.8, 4) is 0 Å². The minimum absolute atomic E-state index is 0.00750. The molecule has 0 saturated carbocycles. The van der Waals surface area contributed by atoms with Gasteiger partial charge in [-0.05, 0) is 80.2 Å². The Bertz CT molecular complexity index is 998. The van der Waals surface area contributed by atoms with Crippen molar-refractivity contribution in [1.82, 2.24) is 15.5 Å². The number of amides is 2. The van der Waals surface area contributed by atoms with Gasteiger partial charge in [-0.2, -0.15) is 8.42 Å². The highest BCUT2D eigenvalue weighted by Crippen LogP contribution is 2.13. The fourth-order valence-electron chi connectivity index (χ4n) is 2.99. The molecule has 0 heterocycles. The van der Waals surface area contributed by atoms with Crippen molar-refractivity contribution in [2.24, 2.45) is 0 Å². The molecule has 0 spiro atoms. The number of hydrogen-bond donors (Lipinski definition) is 3. The second-order valence-corrected chi connectivity index (χ2v) is 13.1. The summed E-state index contributed by atoms with van der Waals surface area (Å²) in [5.41, 5.74) is -0.0612. The minimum Gasteiger partial charge on any atom is -0.444 e. The summed E-state index contributed by atoms with van der Waals surface area (Å²) in [5, 5.41) is 13.5. The SMILES string of the molecule is CC(C)(C)OC(=O)NCCOCCO.CCN(CC)CC.Cc1ccc(S(=O)(=O)OCCOCCNC(=O)OC(C)(C)C)cc1. The first-order valence-corrected chi connectivity index (χ1v) is 16.7. The summed E-state index contributed by atoms with van der Waals surface area (Å²) in [6.07, 6.45) is -0.977. The van der Waals surface area contributed by atoms with E-state index in [1.54, 1.807) is 53.7 Å². The van der Waals surface area contributed by atoms with E-state index >= 15 is 0 Å². The Morgan fingerprint density at radius 2 is 1.16 bits per heavy atom. The summed E-state index contributed by atoms with van der Waals surface area (Å²) in [4.78, 5) is 24.9. The second kappa shape index (κ2) is 24.7. The molecule has 0 aromatic heterocycles. The lowest BCUT2D eigenvalue weighted by molar-refractivity contribution is 0.0476. The van der Waals surface area contributed by atoms with Crippen molar-refractivity contribution in [3.05, 3.63) is 29.8 Å². The van der Waals surface area contributed by atoms with Crippen molar-refractivity contribution in [3.63, 3.8) is 0 Å². The Hall–Kier alpha value is -2.49. The van der Waals surface area contributed by atoms with Crippen molar-refractivity contribution in [1.29, 1.82) is 0 Å². The van der Waals surface area contributed by atoms with E-state index in [1.165, 1.54) is 31.8 Å². The molecule has 2 amide bonds. The quantitative estimate of drug-likeness (QED) is 0.172. The van der Waals surface area contributed by atoms with Crippen LogP contribution in [-0.4, -0.2) is 114 Å². The molecule has 3 N–H and O–H groups in total. The van der Waals surface area contributed by atoms with Gasteiger partial charge in [-0.25, -0.2) is 9.59 Å². The van der Waals surface area contributed by atoms with E-state index in [0.717, 1.165) is 5.56 Å². The van der Waals surface area contributed by atoms with Crippen LogP contribution in [0.25, 0.3) is 0 Å². The first kappa shape index (κ1) is 44.6. The highest BCUT2D eigenvalue weighted by atomic mass is 32.2. The lowest BCUT2D eigenvalue weighted by atomic mass is 10.2. The van der Waals surface area contributed by atoms with Gasteiger partial charge in [0.2, 0.25) is 0 Å². The summed E-state index contributed by atoms with van der Waals surface area (Å²) in [6, 6.07) is 6.40. The molecule has 1 aromatic rings. The standard InChI is InChI=1S/C16H25NO6S.C9H19NO4.C6H15N/c1-13-5-7-14(8-6-13)24(19,20)22-12-11-21-10-9-17-15(18)23-16(2,3)4;1-9(2,3)14-8(12)10-4-6-13-7-5-11;1-4-7(5-2)6-3/h5-8H,9-12H2,1-4H3,(H,17,18);11H,4-7H2,1-3H3,(H,10,12);4-6H2,1-3H3. The molecule has 0 fully saturated rings. The zero-order chi connectivity index (χ0) is 34.9. The number of carbonyl (C=O) groups is 2. The van der Waals surface area contributed by atoms with E-state index in [0.29, 0.717) is 13.2 Å². The molecule has 45 heavy (non-hydrogen) atoms. The Morgan fingerprint density at radius 1 is 0.733 bits per heavy atom. The monoisotopic (exact) mass is 665 g/mol. The van der Waals surface area contributed by atoms with Crippen molar-refractivity contribution < 1.29 is 46.2 Å². The van der Waals surface area contributed by atoms with E-state index in [2.05, 4.69) is 36.3 Å². The Morgan fingerprint density at radius 3 is 1.51 bits per heavy atom. The van der Waals surface area contributed by atoms with Crippen LogP contribution in [0.4, 0.5) is 9.59 Å². The molecule has 13 nitrogen and oxygen atoms in total. The molecule has 0 aliphatic carbocycles. The number of carbonyl (C=O) groups excluding carboxylic acids is 2. The van der Waals surface area contributed by atoms with Crippen molar-refractivity contribution in [2.75, 3.05) is 72.4 Å².